The zero-order valence-corrected chi connectivity index (χ0v) is 14.7. The lowest BCUT2D eigenvalue weighted by molar-refractivity contribution is -0.140. The van der Waals surface area contributed by atoms with Gasteiger partial charge in [-0.1, -0.05) is 31.5 Å². The number of carbonyl (C=O) groups is 2. The second-order valence-corrected chi connectivity index (χ2v) is 5.87. The average Bonchev–Trinajstić information content (AvgIpc) is 2.56. The molecule has 24 heavy (non-hydrogen) atoms. The van der Waals surface area contributed by atoms with Gasteiger partial charge < -0.3 is 15.5 Å². The van der Waals surface area contributed by atoms with Gasteiger partial charge in [0, 0.05) is 26.2 Å². The number of halogens is 2. The summed E-state index contributed by atoms with van der Waals surface area (Å²) in [5.74, 6) is -0.520. The van der Waals surface area contributed by atoms with Gasteiger partial charge in [0.25, 0.3) is 0 Å². The van der Waals surface area contributed by atoms with E-state index in [-0.39, 0.29) is 36.5 Å². The first-order valence-corrected chi connectivity index (χ1v) is 8.08. The Morgan fingerprint density at radius 2 is 1.75 bits per heavy atom. The Morgan fingerprint density at radius 1 is 1.17 bits per heavy atom. The van der Waals surface area contributed by atoms with Crippen LogP contribution in [0.25, 0.3) is 0 Å². The second-order valence-electron chi connectivity index (χ2n) is 5.87. The number of hydrogen-bond acceptors (Lipinski definition) is 3. The molecule has 1 aromatic carbocycles. The summed E-state index contributed by atoms with van der Waals surface area (Å²) in [6.45, 7) is 3.90. The predicted octanol–water partition coefficient (Wildman–Crippen LogP) is 1.59. The van der Waals surface area contributed by atoms with E-state index in [9.17, 15) is 14.0 Å². The van der Waals surface area contributed by atoms with Crippen LogP contribution in [0.2, 0.25) is 0 Å². The van der Waals surface area contributed by atoms with Gasteiger partial charge in [0.2, 0.25) is 11.8 Å². The number of benzene rings is 1. The van der Waals surface area contributed by atoms with Crippen molar-refractivity contribution in [2.24, 2.45) is 5.73 Å². The minimum absolute atomic E-state index is 0. The highest BCUT2D eigenvalue weighted by Gasteiger charge is 2.27. The Balaban J connectivity index is 0.00000288. The number of nitrogens with zero attached hydrogens (tertiary/aromatic N) is 2. The van der Waals surface area contributed by atoms with Gasteiger partial charge in [0.15, 0.2) is 0 Å². The summed E-state index contributed by atoms with van der Waals surface area (Å²) in [5.41, 5.74) is 6.26. The largest absolute Gasteiger partial charge is 0.339 e. The number of amides is 2. The van der Waals surface area contributed by atoms with E-state index in [0.717, 1.165) is 6.42 Å². The molecule has 2 rings (SSSR count). The van der Waals surface area contributed by atoms with Crippen molar-refractivity contribution in [3.05, 3.63) is 35.6 Å². The first-order valence-electron chi connectivity index (χ1n) is 8.08. The molecule has 0 aliphatic carbocycles. The van der Waals surface area contributed by atoms with Crippen molar-refractivity contribution in [2.75, 3.05) is 26.2 Å². The first-order chi connectivity index (χ1) is 11.0. The Hall–Kier alpha value is -1.66. The van der Waals surface area contributed by atoms with Crippen LogP contribution in [-0.4, -0.2) is 53.8 Å². The molecule has 1 aliphatic heterocycles. The molecular weight excluding hydrogens is 333 g/mol. The zero-order valence-electron chi connectivity index (χ0n) is 13.9. The monoisotopic (exact) mass is 357 g/mol. The van der Waals surface area contributed by atoms with Crippen molar-refractivity contribution in [1.82, 2.24) is 9.80 Å². The Morgan fingerprint density at radius 3 is 2.33 bits per heavy atom. The number of nitrogens with two attached hydrogens (primary N) is 1. The lowest BCUT2D eigenvalue weighted by Crippen LogP contribution is -2.54. The topological polar surface area (TPSA) is 66.6 Å². The molecule has 1 aromatic rings. The number of carbonyl (C=O) groups excluding carboxylic acids is 2. The highest BCUT2D eigenvalue weighted by Crippen LogP contribution is 2.11. The molecule has 1 saturated heterocycles. The van der Waals surface area contributed by atoms with Crippen LogP contribution < -0.4 is 5.73 Å². The normalized spacial score (nSPS) is 15.6. The molecule has 1 atom stereocenters. The van der Waals surface area contributed by atoms with Gasteiger partial charge in [-0.2, -0.15) is 0 Å². The summed E-state index contributed by atoms with van der Waals surface area (Å²) in [5, 5.41) is 0. The first kappa shape index (κ1) is 20.4. The Bertz CT molecular complexity index is 563. The molecule has 1 aliphatic rings. The SMILES string of the molecule is CCCC(N)C(=O)N1CCN(C(=O)Cc2ccccc2F)CC1.Cl. The Kier molecular flexibility index (Phi) is 8.15. The molecule has 2 N–H and O–H groups in total. The average molecular weight is 358 g/mol. The van der Waals surface area contributed by atoms with Gasteiger partial charge in [0.1, 0.15) is 5.82 Å². The third-order valence-electron chi connectivity index (χ3n) is 4.16. The van der Waals surface area contributed by atoms with Crippen LogP contribution in [0.15, 0.2) is 24.3 Å². The van der Waals surface area contributed by atoms with Gasteiger partial charge >= 0.3 is 0 Å². The van der Waals surface area contributed by atoms with Crippen molar-refractivity contribution in [3.8, 4) is 0 Å². The quantitative estimate of drug-likeness (QED) is 0.870. The summed E-state index contributed by atoms with van der Waals surface area (Å²) >= 11 is 0. The number of hydrogen-bond donors (Lipinski definition) is 1. The zero-order chi connectivity index (χ0) is 16.8. The predicted molar refractivity (Wildman–Crippen MR) is 93.4 cm³/mol. The third kappa shape index (κ3) is 5.18. The summed E-state index contributed by atoms with van der Waals surface area (Å²) in [6.07, 6.45) is 1.59. The molecule has 1 unspecified atom stereocenters. The molecule has 1 fully saturated rings. The highest BCUT2D eigenvalue weighted by atomic mass is 35.5. The van der Waals surface area contributed by atoms with Crippen molar-refractivity contribution in [1.29, 1.82) is 0 Å². The van der Waals surface area contributed by atoms with E-state index in [0.29, 0.717) is 38.2 Å². The maximum absolute atomic E-state index is 13.6. The number of rotatable bonds is 5. The fraction of sp³-hybridized carbons (Fsp3) is 0.529. The van der Waals surface area contributed by atoms with Gasteiger partial charge in [-0.15, -0.1) is 12.4 Å². The molecular formula is C17H25ClFN3O2. The molecule has 0 saturated carbocycles. The van der Waals surface area contributed by atoms with Gasteiger partial charge in [-0.05, 0) is 18.1 Å². The standard InChI is InChI=1S/C17H24FN3O2.ClH/c1-2-5-15(19)17(23)21-10-8-20(9-11-21)16(22)12-13-6-3-4-7-14(13)18;/h3-4,6-7,15H,2,5,8-12,19H2,1H3;1H. The van der Waals surface area contributed by atoms with E-state index in [1.54, 1.807) is 28.0 Å². The van der Waals surface area contributed by atoms with Gasteiger partial charge in [-0.25, -0.2) is 4.39 Å². The molecule has 0 spiro atoms. The second kappa shape index (κ2) is 9.59. The molecule has 7 heteroatoms. The van der Waals surface area contributed by atoms with E-state index in [1.807, 2.05) is 6.92 Å². The number of piperazine rings is 1. The molecule has 0 radical (unpaired) electrons. The summed E-state index contributed by atoms with van der Waals surface area (Å²) < 4.78 is 13.6. The van der Waals surface area contributed by atoms with Crippen LogP contribution in [0.4, 0.5) is 4.39 Å². The van der Waals surface area contributed by atoms with Crippen LogP contribution in [0, 0.1) is 5.82 Å². The highest BCUT2D eigenvalue weighted by molar-refractivity contribution is 5.85. The molecule has 0 bridgehead atoms. The van der Waals surface area contributed by atoms with Crippen LogP contribution >= 0.6 is 12.4 Å². The van der Waals surface area contributed by atoms with E-state index < -0.39 is 6.04 Å². The minimum atomic E-state index is -0.458. The van der Waals surface area contributed by atoms with Crippen LogP contribution in [0.5, 0.6) is 0 Å². The van der Waals surface area contributed by atoms with Crippen LogP contribution in [-0.2, 0) is 16.0 Å². The van der Waals surface area contributed by atoms with Crippen molar-refractivity contribution >= 4 is 24.2 Å². The van der Waals surface area contributed by atoms with E-state index in [1.165, 1.54) is 6.07 Å². The maximum atomic E-state index is 13.6. The molecule has 1 heterocycles. The van der Waals surface area contributed by atoms with Crippen molar-refractivity contribution in [3.63, 3.8) is 0 Å². The summed E-state index contributed by atoms with van der Waals surface area (Å²) in [4.78, 5) is 27.8. The van der Waals surface area contributed by atoms with Crippen molar-refractivity contribution < 1.29 is 14.0 Å². The fourth-order valence-corrected chi connectivity index (χ4v) is 2.76. The van der Waals surface area contributed by atoms with E-state index in [4.69, 9.17) is 5.73 Å². The summed E-state index contributed by atoms with van der Waals surface area (Å²) in [7, 11) is 0. The molecule has 134 valence electrons. The van der Waals surface area contributed by atoms with Gasteiger partial charge in [-0.3, -0.25) is 9.59 Å². The van der Waals surface area contributed by atoms with Gasteiger partial charge in [0.05, 0.1) is 12.5 Å². The summed E-state index contributed by atoms with van der Waals surface area (Å²) in [6, 6.07) is 5.84. The Labute approximate surface area is 148 Å². The van der Waals surface area contributed by atoms with Crippen molar-refractivity contribution in [2.45, 2.75) is 32.2 Å². The molecule has 0 aromatic heterocycles. The third-order valence-corrected chi connectivity index (χ3v) is 4.16. The van der Waals surface area contributed by atoms with E-state index in [2.05, 4.69) is 0 Å². The smallest absolute Gasteiger partial charge is 0.239 e. The lowest BCUT2D eigenvalue weighted by Gasteiger charge is -2.36. The van der Waals surface area contributed by atoms with Crippen LogP contribution in [0.3, 0.4) is 0 Å². The lowest BCUT2D eigenvalue weighted by atomic mass is 10.1. The molecule has 2 amide bonds. The molecule has 5 nitrogen and oxygen atoms in total. The van der Waals surface area contributed by atoms with E-state index >= 15 is 0 Å². The minimum Gasteiger partial charge on any atom is -0.339 e. The fourth-order valence-electron chi connectivity index (χ4n) is 2.76. The maximum Gasteiger partial charge on any atom is 0.239 e. The van der Waals surface area contributed by atoms with Crippen LogP contribution in [0.1, 0.15) is 25.3 Å².